The van der Waals surface area contributed by atoms with Crippen LogP contribution in [0.25, 0.3) is 11.0 Å². The van der Waals surface area contributed by atoms with Gasteiger partial charge in [-0.2, -0.15) is 0 Å². The monoisotopic (exact) mass is 302 g/mol. The standard InChI is InChI=1S/C16H22N4O2/c1-9(2)20-14-7-11(3-4-13(14)19-16(20)22)15(21)18-8-10-5-12(17)6-10/h3-4,7,9-10,12H,5-6,8,17H2,1-2H3,(H,18,21)(H,19,22). The van der Waals surface area contributed by atoms with E-state index in [0.717, 1.165) is 23.9 Å². The number of aromatic amines is 1. The molecule has 1 aromatic carbocycles. The second kappa shape index (κ2) is 5.61. The van der Waals surface area contributed by atoms with Crippen molar-refractivity contribution in [3.63, 3.8) is 0 Å². The zero-order chi connectivity index (χ0) is 15.9. The molecule has 1 aliphatic carbocycles. The van der Waals surface area contributed by atoms with Gasteiger partial charge in [0.2, 0.25) is 0 Å². The van der Waals surface area contributed by atoms with Crippen LogP contribution >= 0.6 is 0 Å². The van der Waals surface area contributed by atoms with Gasteiger partial charge in [-0.1, -0.05) is 0 Å². The number of H-pyrrole nitrogens is 1. The summed E-state index contributed by atoms with van der Waals surface area (Å²) in [5, 5.41) is 2.95. The molecule has 6 nitrogen and oxygen atoms in total. The molecule has 0 bridgehead atoms. The number of hydrogen-bond acceptors (Lipinski definition) is 3. The van der Waals surface area contributed by atoms with Crippen molar-refractivity contribution in [1.82, 2.24) is 14.9 Å². The number of hydrogen-bond donors (Lipinski definition) is 3. The Bertz CT molecular complexity index is 753. The first-order chi connectivity index (χ1) is 10.5. The molecule has 0 unspecified atom stereocenters. The fourth-order valence-electron chi connectivity index (χ4n) is 3.07. The highest BCUT2D eigenvalue weighted by Gasteiger charge is 2.26. The van der Waals surface area contributed by atoms with Crippen LogP contribution in [0.1, 0.15) is 43.1 Å². The van der Waals surface area contributed by atoms with Gasteiger partial charge in [-0.3, -0.25) is 9.36 Å². The Morgan fingerprint density at radius 1 is 1.45 bits per heavy atom. The Hall–Kier alpha value is -2.08. The number of carbonyl (C=O) groups is 1. The molecule has 1 fully saturated rings. The maximum Gasteiger partial charge on any atom is 0.326 e. The summed E-state index contributed by atoms with van der Waals surface area (Å²) in [6.45, 7) is 4.55. The topological polar surface area (TPSA) is 92.9 Å². The molecule has 1 heterocycles. The third kappa shape index (κ3) is 2.66. The second-order valence-electron chi connectivity index (χ2n) is 6.43. The predicted octanol–water partition coefficient (Wildman–Crippen LogP) is 1.38. The number of carbonyl (C=O) groups excluding carboxylic acids is 1. The smallest absolute Gasteiger partial charge is 0.326 e. The number of benzene rings is 1. The van der Waals surface area contributed by atoms with E-state index in [1.807, 2.05) is 13.8 Å². The molecule has 1 saturated carbocycles. The van der Waals surface area contributed by atoms with Crippen LogP contribution in [0.2, 0.25) is 0 Å². The van der Waals surface area contributed by atoms with Crippen molar-refractivity contribution < 1.29 is 4.79 Å². The van der Waals surface area contributed by atoms with E-state index < -0.39 is 0 Å². The highest BCUT2D eigenvalue weighted by molar-refractivity contribution is 5.97. The van der Waals surface area contributed by atoms with Gasteiger partial charge in [-0.15, -0.1) is 0 Å². The van der Waals surface area contributed by atoms with Crippen molar-refractivity contribution in [1.29, 1.82) is 0 Å². The summed E-state index contributed by atoms with van der Waals surface area (Å²) in [7, 11) is 0. The minimum absolute atomic E-state index is 0.0380. The molecule has 0 radical (unpaired) electrons. The average molecular weight is 302 g/mol. The van der Waals surface area contributed by atoms with Crippen molar-refractivity contribution >= 4 is 16.9 Å². The number of rotatable bonds is 4. The lowest BCUT2D eigenvalue weighted by molar-refractivity contribution is 0.0935. The maximum atomic E-state index is 12.3. The molecule has 1 amide bonds. The van der Waals surface area contributed by atoms with Crippen LogP contribution in [-0.4, -0.2) is 28.0 Å². The molecule has 1 aromatic heterocycles. The van der Waals surface area contributed by atoms with Crippen LogP contribution in [0.4, 0.5) is 0 Å². The number of nitrogens with one attached hydrogen (secondary N) is 2. The van der Waals surface area contributed by atoms with Crippen LogP contribution in [0, 0.1) is 5.92 Å². The molecule has 0 saturated heterocycles. The van der Waals surface area contributed by atoms with E-state index in [-0.39, 0.29) is 17.6 Å². The normalized spacial score (nSPS) is 21.1. The van der Waals surface area contributed by atoms with Crippen LogP contribution < -0.4 is 16.7 Å². The Balaban J connectivity index is 1.80. The zero-order valence-corrected chi connectivity index (χ0v) is 12.9. The molecule has 0 aliphatic heterocycles. The predicted molar refractivity (Wildman–Crippen MR) is 86.0 cm³/mol. The molecule has 3 rings (SSSR count). The minimum atomic E-state index is -0.147. The molecule has 4 N–H and O–H groups in total. The van der Waals surface area contributed by atoms with E-state index in [2.05, 4.69) is 10.3 Å². The highest BCUT2D eigenvalue weighted by atomic mass is 16.2. The molecule has 0 atom stereocenters. The van der Waals surface area contributed by atoms with Gasteiger partial charge in [-0.05, 0) is 50.8 Å². The summed E-state index contributed by atoms with van der Waals surface area (Å²) < 4.78 is 1.66. The van der Waals surface area contributed by atoms with E-state index in [1.54, 1.807) is 22.8 Å². The lowest BCUT2D eigenvalue weighted by Gasteiger charge is -2.32. The fourth-order valence-corrected chi connectivity index (χ4v) is 3.07. The molecule has 118 valence electrons. The Morgan fingerprint density at radius 3 is 2.82 bits per heavy atom. The largest absolute Gasteiger partial charge is 0.352 e. The molecule has 2 aromatic rings. The summed E-state index contributed by atoms with van der Waals surface area (Å²) in [4.78, 5) is 27.0. The van der Waals surface area contributed by atoms with Gasteiger partial charge in [0.15, 0.2) is 0 Å². The number of nitrogens with two attached hydrogens (primary N) is 1. The van der Waals surface area contributed by atoms with Crippen molar-refractivity contribution in [3.05, 3.63) is 34.2 Å². The molecule has 0 spiro atoms. The SMILES string of the molecule is CC(C)n1c(=O)[nH]c2ccc(C(=O)NCC3CC(N)C3)cc21. The van der Waals surface area contributed by atoms with Crippen LogP contribution in [0.15, 0.2) is 23.0 Å². The fraction of sp³-hybridized carbons (Fsp3) is 0.500. The number of nitrogens with zero attached hydrogens (tertiary/aromatic N) is 1. The van der Waals surface area contributed by atoms with E-state index in [1.165, 1.54) is 0 Å². The van der Waals surface area contributed by atoms with Crippen LogP contribution in [0.5, 0.6) is 0 Å². The number of aromatic nitrogens is 2. The van der Waals surface area contributed by atoms with Crippen molar-refractivity contribution in [2.45, 2.75) is 38.8 Å². The second-order valence-corrected chi connectivity index (χ2v) is 6.43. The highest BCUT2D eigenvalue weighted by Crippen LogP contribution is 2.24. The van der Waals surface area contributed by atoms with E-state index in [9.17, 15) is 9.59 Å². The van der Waals surface area contributed by atoms with Gasteiger partial charge in [0, 0.05) is 24.2 Å². The van der Waals surface area contributed by atoms with Gasteiger partial charge in [-0.25, -0.2) is 4.79 Å². The summed E-state index contributed by atoms with van der Waals surface area (Å²) >= 11 is 0. The summed E-state index contributed by atoms with van der Waals surface area (Å²) in [5.41, 5.74) is 7.69. The van der Waals surface area contributed by atoms with Gasteiger partial charge in [0.25, 0.3) is 5.91 Å². The van der Waals surface area contributed by atoms with E-state index in [4.69, 9.17) is 5.73 Å². The van der Waals surface area contributed by atoms with Gasteiger partial charge >= 0.3 is 5.69 Å². The maximum absolute atomic E-state index is 12.3. The first-order valence-corrected chi connectivity index (χ1v) is 7.73. The summed E-state index contributed by atoms with van der Waals surface area (Å²) in [5.74, 6) is 0.384. The number of amides is 1. The van der Waals surface area contributed by atoms with Gasteiger partial charge in [0.05, 0.1) is 11.0 Å². The first kappa shape index (κ1) is 14.8. The van der Waals surface area contributed by atoms with Crippen molar-refractivity contribution in [2.24, 2.45) is 11.7 Å². The average Bonchev–Trinajstić information content (AvgIpc) is 2.76. The summed E-state index contributed by atoms with van der Waals surface area (Å²) in [6, 6.07) is 5.62. The third-order valence-electron chi connectivity index (χ3n) is 4.32. The molecule has 22 heavy (non-hydrogen) atoms. The molecule has 6 heteroatoms. The van der Waals surface area contributed by atoms with Gasteiger partial charge < -0.3 is 16.0 Å². The van der Waals surface area contributed by atoms with Crippen molar-refractivity contribution in [3.8, 4) is 0 Å². The van der Waals surface area contributed by atoms with Crippen molar-refractivity contribution in [2.75, 3.05) is 6.54 Å². The first-order valence-electron chi connectivity index (χ1n) is 7.73. The Morgan fingerprint density at radius 2 is 2.18 bits per heavy atom. The number of imidazole rings is 1. The Labute approximate surface area is 128 Å². The Kier molecular flexibility index (Phi) is 3.78. The van der Waals surface area contributed by atoms with Crippen LogP contribution in [-0.2, 0) is 0 Å². The number of fused-ring (bicyclic) bond motifs is 1. The van der Waals surface area contributed by atoms with Gasteiger partial charge in [0.1, 0.15) is 0 Å². The summed E-state index contributed by atoms with van der Waals surface area (Å²) in [6.07, 6.45) is 1.95. The molecular formula is C16H22N4O2. The van der Waals surface area contributed by atoms with Crippen LogP contribution in [0.3, 0.4) is 0 Å². The minimum Gasteiger partial charge on any atom is -0.352 e. The van der Waals surface area contributed by atoms with E-state index >= 15 is 0 Å². The molecule has 1 aliphatic rings. The third-order valence-corrected chi connectivity index (χ3v) is 4.32. The lowest BCUT2D eigenvalue weighted by Crippen LogP contribution is -2.42. The van der Waals surface area contributed by atoms with E-state index in [0.29, 0.717) is 24.1 Å². The molecular weight excluding hydrogens is 280 g/mol. The quantitative estimate of drug-likeness (QED) is 0.796. The zero-order valence-electron chi connectivity index (χ0n) is 12.9. The lowest BCUT2D eigenvalue weighted by atomic mass is 9.81.